The van der Waals surface area contributed by atoms with E-state index in [4.69, 9.17) is 14.2 Å². The van der Waals surface area contributed by atoms with Crippen LogP contribution >= 0.6 is 0 Å². The fourth-order valence-corrected chi connectivity index (χ4v) is 4.04. The van der Waals surface area contributed by atoms with Gasteiger partial charge in [-0.25, -0.2) is 0 Å². The Kier molecular flexibility index (Phi) is 1.83. The van der Waals surface area contributed by atoms with E-state index in [-0.39, 0.29) is 17.8 Å². The lowest BCUT2D eigenvalue weighted by Crippen LogP contribution is -2.49. The van der Waals surface area contributed by atoms with Gasteiger partial charge in [-0.3, -0.25) is 0 Å². The maximum Gasteiger partial charge on any atom is 0.287 e. The van der Waals surface area contributed by atoms with E-state index in [9.17, 15) is 0 Å². The SMILES string of the molecule is CC1OC2(C3CC4C=CC3C4)OC(C)C1(C)O2. The normalized spacial score (nSPS) is 63.8. The number of allylic oxidation sites excluding steroid dienone is 2. The molecule has 4 rings (SSSR count). The zero-order valence-electron chi connectivity index (χ0n) is 10.7. The van der Waals surface area contributed by atoms with Gasteiger partial charge in [0.25, 0.3) is 5.97 Å². The smallest absolute Gasteiger partial charge is 0.287 e. The molecule has 94 valence electrons. The van der Waals surface area contributed by atoms with Gasteiger partial charge in [-0.1, -0.05) is 12.2 Å². The average molecular weight is 236 g/mol. The first-order valence-corrected chi connectivity index (χ1v) is 6.77. The zero-order chi connectivity index (χ0) is 11.8. The van der Waals surface area contributed by atoms with Crippen molar-refractivity contribution in [2.75, 3.05) is 0 Å². The Hall–Kier alpha value is -0.380. The topological polar surface area (TPSA) is 27.7 Å². The number of ether oxygens (including phenoxy) is 3. The highest BCUT2D eigenvalue weighted by Crippen LogP contribution is 2.58. The molecule has 4 bridgehead atoms. The molecule has 2 heterocycles. The lowest BCUT2D eigenvalue weighted by Gasteiger charge is -2.37. The lowest BCUT2D eigenvalue weighted by molar-refractivity contribution is -0.349. The average Bonchev–Trinajstić information content (AvgIpc) is 2.96. The van der Waals surface area contributed by atoms with Gasteiger partial charge in [-0.2, -0.15) is 0 Å². The molecule has 0 aromatic rings. The van der Waals surface area contributed by atoms with Crippen LogP contribution in [-0.2, 0) is 14.2 Å². The van der Waals surface area contributed by atoms with Gasteiger partial charge in [-0.05, 0) is 45.4 Å². The molecule has 3 heteroatoms. The number of fused-ring (bicyclic) bond motifs is 4. The van der Waals surface area contributed by atoms with Crippen LogP contribution in [0.1, 0.15) is 33.6 Å². The summed E-state index contributed by atoms with van der Waals surface area (Å²) in [6.07, 6.45) is 7.31. The van der Waals surface area contributed by atoms with E-state index in [1.165, 1.54) is 6.42 Å². The number of hydrogen-bond donors (Lipinski definition) is 0. The van der Waals surface area contributed by atoms with Crippen LogP contribution in [0.5, 0.6) is 0 Å². The summed E-state index contributed by atoms with van der Waals surface area (Å²) in [7, 11) is 0. The second-order valence-electron chi connectivity index (χ2n) is 6.30. The predicted molar refractivity (Wildman–Crippen MR) is 62.2 cm³/mol. The minimum atomic E-state index is -0.752. The first kappa shape index (κ1) is 10.5. The lowest BCUT2D eigenvalue weighted by atomic mass is 9.90. The molecule has 2 aliphatic heterocycles. The van der Waals surface area contributed by atoms with Crippen molar-refractivity contribution in [1.82, 2.24) is 0 Å². The first-order chi connectivity index (χ1) is 8.03. The molecular formula is C14H20O3. The Bertz CT molecular complexity index is 377. The summed E-state index contributed by atoms with van der Waals surface area (Å²) in [4.78, 5) is 0. The van der Waals surface area contributed by atoms with Crippen molar-refractivity contribution in [3.63, 3.8) is 0 Å². The van der Waals surface area contributed by atoms with E-state index in [0.717, 1.165) is 6.42 Å². The minimum absolute atomic E-state index is 0.120. The summed E-state index contributed by atoms with van der Waals surface area (Å²) in [6.45, 7) is 6.31. The van der Waals surface area contributed by atoms with E-state index in [1.54, 1.807) is 0 Å². The molecular weight excluding hydrogens is 216 g/mol. The third-order valence-electron chi connectivity index (χ3n) is 5.39. The molecule has 5 atom stereocenters. The van der Waals surface area contributed by atoms with Crippen LogP contribution in [0.25, 0.3) is 0 Å². The number of rotatable bonds is 1. The van der Waals surface area contributed by atoms with Gasteiger partial charge in [0.05, 0.1) is 12.2 Å². The molecule has 2 aliphatic carbocycles. The predicted octanol–water partition coefficient (Wildman–Crippen LogP) is 2.47. The van der Waals surface area contributed by atoms with Crippen molar-refractivity contribution < 1.29 is 14.2 Å². The Morgan fingerprint density at radius 2 is 1.76 bits per heavy atom. The second-order valence-corrected chi connectivity index (χ2v) is 6.30. The first-order valence-electron chi connectivity index (χ1n) is 6.77. The molecule has 17 heavy (non-hydrogen) atoms. The Labute approximate surface area is 102 Å². The molecule has 0 amide bonds. The van der Waals surface area contributed by atoms with Crippen molar-refractivity contribution in [2.45, 2.75) is 57.4 Å². The fourth-order valence-electron chi connectivity index (χ4n) is 4.04. The fraction of sp³-hybridized carbons (Fsp3) is 0.857. The maximum atomic E-state index is 6.23. The molecule has 0 aromatic carbocycles. The molecule has 0 radical (unpaired) electrons. The molecule has 5 unspecified atom stereocenters. The van der Waals surface area contributed by atoms with Gasteiger partial charge in [0.1, 0.15) is 5.60 Å². The summed E-state index contributed by atoms with van der Waals surface area (Å²) in [5.41, 5.74) is -0.272. The Balaban J connectivity index is 1.69. The van der Waals surface area contributed by atoms with Gasteiger partial charge < -0.3 is 14.2 Å². The van der Waals surface area contributed by atoms with E-state index < -0.39 is 5.97 Å². The van der Waals surface area contributed by atoms with Crippen molar-refractivity contribution in [1.29, 1.82) is 0 Å². The summed E-state index contributed by atoms with van der Waals surface area (Å²) >= 11 is 0. The van der Waals surface area contributed by atoms with Crippen LogP contribution in [0.3, 0.4) is 0 Å². The summed E-state index contributed by atoms with van der Waals surface area (Å²) in [5, 5.41) is 0. The summed E-state index contributed by atoms with van der Waals surface area (Å²) < 4.78 is 18.4. The monoisotopic (exact) mass is 236 g/mol. The van der Waals surface area contributed by atoms with Crippen LogP contribution in [0, 0.1) is 17.8 Å². The highest BCUT2D eigenvalue weighted by atomic mass is 16.9. The Morgan fingerprint density at radius 1 is 1.06 bits per heavy atom. The molecule has 0 spiro atoms. The van der Waals surface area contributed by atoms with Gasteiger partial charge in [0.15, 0.2) is 0 Å². The largest absolute Gasteiger partial charge is 0.321 e. The highest BCUT2D eigenvalue weighted by Gasteiger charge is 2.69. The molecule has 0 aromatic heterocycles. The maximum absolute atomic E-state index is 6.23. The van der Waals surface area contributed by atoms with E-state index >= 15 is 0 Å². The molecule has 3 fully saturated rings. The van der Waals surface area contributed by atoms with E-state index in [0.29, 0.717) is 17.8 Å². The molecule has 3 nitrogen and oxygen atoms in total. The van der Waals surface area contributed by atoms with Gasteiger partial charge in [0.2, 0.25) is 0 Å². The zero-order valence-corrected chi connectivity index (χ0v) is 10.7. The highest BCUT2D eigenvalue weighted by molar-refractivity contribution is 5.14. The summed E-state index contributed by atoms with van der Waals surface area (Å²) in [5.74, 6) is 0.928. The second kappa shape index (κ2) is 2.95. The van der Waals surface area contributed by atoms with Crippen LogP contribution in [-0.4, -0.2) is 23.8 Å². The molecule has 4 aliphatic rings. The van der Waals surface area contributed by atoms with E-state index in [2.05, 4.69) is 32.9 Å². The quantitative estimate of drug-likeness (QED) is 0.655. The van der Waals surface area contributed by atoms with Gasteiger partial charge >= 0.3 is 0 Å². The van der Waals surface area contributed by atoms with Crippen molar-refractivity contribution in [2.24, 2.45) is 17.8 Å². The van der Waals surface area contributed by atoms with Gasteiger partial charge in [0, 0.05) is 5.92 Å². The third kappa shape index (κ3) is 1.13. The van der Waals surface area contributed by atoms with Crippen molar-refractivity contribution in [3.05, 3.63) is 12.2 Å². The molecule has 2 saturated heterocycles. The van der Waals surface area contributed by atoms with Crippen LogP contribution in [0.2, 0.25) is 0 Å². The van der Waals surface area contributed by atoms with Crippen LogP contribution < -0.4 is 0 Å². The summed E-state index contributed by atoms with van der Waals surface area (Å²) in [6, 6.07) is 0. The Morgan fingerprint density at radius 3 is 2.24 bits per heavy atom. The van der Waals surface area contributed by atoms with Crippen molar-refractivity contribution >= 4 is 0 Å². The molecule has 1 saturated carbocycles. The van der Waals surface area contributed by atoms with Gasteiger partial charge in [-0.15, -0.1) is 0 Å². The van der Waals surface area contributed by atoms with Crippen LogP contribution in [0.4, 0.5) is 0 Å². The van der Waals surface area contributed by atoms with Crippen molar-refractivity contribution in [3.8, 4) is 0 Å². The van der Waals surface area contributed by atoms with E-state index in [1.807, 2.05) is 0 Å². The third-order valence-corrected chi connectivity index (χ3v) is 5.39. The molecule has 0 N–H and O–H groups in total. The standard InChI is InChI=1S/C14H20O3/c1-8-13(3)9(2)16-14(15-8,17-13)12-7-10-4-5-11(12)6-10/h4-5,8-12H,6-7H2,1-3H3. The van der Waals surface area contributed by atoms with Crippen LogP contribution in [0.15, 0.2) is 12.2 Å². The number of hydrogen-bond acceptors (Lipinski definition) is 3. The minimum Gasteiger partial charge on any atom is -0.321 e.